The van der Waals surface area contributed by atoms with Gasteiger partial charge in [0.05, 0.1) is 6.54 Å². The van der Waals surface area contributed by atoms with E-state index in [1.165, 1.54) is 16.7 Å². The number of amides is 1. The summed E-state index contributed by atoms with van der Waals surface area (Å²) in [5.41, 5.74) is 3.72. The molecule has 0 N–H and O–H groups in total. The van der Waals surface area contributed by atoms with Gasteiger partial charge >= 0.3 is 0 Å². The molecule has 0 aliphatic rings. The van der Waals surface area contributed by atoms with Crippen molar-refractivity contribution in [1.29, 1.82) is 0 Å². The van der Waals surface area contributed by atoms with Crippen LogP contribution < -0.4 is 0 Å². The second-order valence-corrected chi connectivity index (χ2v) is 6.37. The van der Waals surface area contributed by atoms with E-state index in [1.54, 1.807) is 11.9 Å². The zero-order valence-corrected chi connectivity index (χ0v) is 14.6. The SMILES string of the molecule is Cc1ccc(CCC(=O)N(C)Cc2nc(C(C)C)no2)cc1C. The summed E-state index contributed by atoms with van der Waals surface area (Å²) in [5, 5.41) is 3.92. The van der Waals surface area contributed by atoms with Gasteiger partial charge < -0.3 is 9.42 Å². The van der Waals surface area contributed by atoms with Crippen LogP contribution in [0.15, 0.2) is 22.7 Å². The predicted octanol–water partition coefficient (Wildman–Crippen LogP) is 3.40. The Hall–Kier alpha value is -2.17. The zero-order chi connectivity index (χ0) is 17.0. The maximum Gasteiger partial charge on any atom is 0.246 e. The Morgan fingerprint density at radius 3 is 2.61 bits per heavy atom. The molecule has 0 aliphatic carbocycles. The summed E-state index contributed by atoms with van der Waals surface area (Å²) in [7, 11) is 1.77. The molecule has 0 atom stereocenters. The summed E-state index contributed by atoms with van der Waals surface area (Å²) < 4.78 is 5.18. The van der Waals surface area contributed by atoms with Gasteiger partial charge in [-0.05, 0) is 37.0 Å². The molecule has 2 rings (SSSR count). The normalized spacial score (nSPS) is 11.0. The number of aromatic nitrogens is 2. The van der Waals surface area contributed by atoms with E-state index in [-0.39, 0.29) is 11.8 Å². The van der Waals surface area contributed by atoms with Crippen LogP contribution >= 0.6 is 0 Å². The van der Waals surface area contributed by atoms with Crippen molar-refractivity contribution in [3.63, 3.8) is 0 Å². The zero-order valence-electron chi connectivity index (χ0n) is 14.6. The van der Waals surface area contributed by atoms with Crippen molar-refractivity contribution in [2.24, 2.45) is 0 Å². The third-order valence-corrected chi connectivity index (χ3v) is 4.00. The van der Waals surface area contributed by atoms with Crippen LogP contribution in [-0.2, 0) is 17.8 Å². The van der Waals surface area contributed by atoms with Crippen molar-refractivity contribution in [2.75, 3.05) is 7.05 Å². The van der Waals surface area contributed by atoms with Crippen molar-refractivity contribution in [1.82, 2.24) is 15.0 Å². The van der Waals surface area contributed by atoms with E-state index in [9.17, 15) is 4.79 Å². The van der Waals surface area contributed by atoms with E-state index in [0.717, 1.165) is 6.42 Å². The van der Waals surface area contributed by atoms with Crippen LogP contribution in [0, 0.1) is 13.8 Å². The Morgan fingerprint density at radius 2 is 2.00 bits per heavy atom. The number of carbonyl (C=O) groups excluding carboxylic acids is 1. The molecule has 23 heavy (non-hydrogen) atoms. The molecule has 0 aliphatic heterocycles. The minimum absolute atomic E-state index is 0.0764. The fourth-order valence-corrected chi connectivity index (χ4v) is 2.26. The molecule has 0 saturated heterocycles. The van der Waals surface area contributed by atoms with Crippen LogP contribution in [0.3, 0.4) is 0 Å². The molecular formula is C18H25N3O2. The Balaban J connectivity index is 1.87. The Kier molecular flexibility index (Phi) is 5.53. The molecule has 1 heterocycles. The lowest BCUT2D eigenvalue weighted by Gasteiger charge is -2.15. The molecule has 5 nitrogen and oxygen atoms in total. The molecule has 1 aromatic heterocycles. The van der Waals surface area contributed by atoms with Gasteiger partial charge in [0.1, 0.15) is 0 Å². The quantitative estimate of drug-likeness (QED) is 0.819. The van der Waals surface area contributed by atoms with Gasteiger partial charge in [-0.25, -0.2) is 0 Å². The summed E-state index contributed by atoms with van der Waals surface area (Å²) in [6, 6.07) is 6.34. The van der Waals surface area contributed by atoms with E-state index < -0.39 is 0 Å². The number of carbonyl (C=O) groups is 1. The molecule has 5 heteroatoms. The fraction of sp³-hybridized carbons (Fsp3) is 0.500. The monoisotopic (exact) mass is 315 g/mol. The van der Waals surface area contributed by atoms with Crippen molar-refractivity contribution in [3.05, 3.63) is 46.6 Å². The van der Waals surface area contributed by atoms with Gasteiger partial charge in [-0.1, -0.05) is 37.2 Å². The highest BCUT2D eigenvalue weighted by Gasteiger charge is 2.15. The van der Waals surface area contributed by atoms with E-state index in [0.29, 0.717) is 24.7 Å². The van der Waals surface area contributed by atoms with E-state index >= 15 is 0 Å². The largest absolute Gasteiger partial charge is 0.337 e. The number of aryl methyl sites for hydroxylation is 3. The van der Waals surface area contributed by atoms with Crippen molar-refractivity contribution in [2.45, 2.75) is 53.0 Å². The Labute approximate surface area is 137 Å². The molecule has 0 saturated carbocycles. The number of hydrogen-bond acceptors (Lipinski definition) is 4. The second kappa shape index (κ2) is 7.40. The lowest BCUT2D eigenvalue weighted by Crippen LogP contribution is -2.26. The summed E-state index contributed by atoms with van der Waals surface area (Å²) in [5.74, 6) is 1.46. The first-order chi connectivity index (χ1) is 10.9. The summed E-state index contributed by atoms with van der Waals surface area (Å²) in [6.45, 7) is 8.55. The smallest absolute Gasteiger partial charge is 0.246 e. The second-order valence-electron chi connectivity index (χ2n) is 6.37. The number of hydrogen-bond donors (Lipinski definition) is 0. The van der Waals surface area contributed by atoms with Gasteiger partial charge in [0.15, 0.2) is 5.82 Å². The minimum Gasteiger partial charge on any atom is -0.337 e. The first kappa shape index (κ1) is 17.2. The van der Waals surface area contributed by atoms with Crippen molar-refractivity contribution >= 4 is 5.91 Å². The third-order valence-electron chi connectivity index (χ3n) is 4.00. The summed E-state index contributed by atoms with van der Waals surface area (Å²) in [6.07, 6.45) is 1.22. The van der Waals surface area contributed by atoms with Gasteiger partial charge in [0, 0.05) is 19.4 Å². The average molecular weight is 315 g/mol. The maximum absolute atomic E-state index is 12.2. The highest BCUT2D eigenvalue weighted by atomic mass is 16.5. The molecule has 1 amide bonds. The maximum atomic E-state index is 12.2. The molecule has 2 aromatic rings. The number of benzene rings is 1. The predicted molar refractivity (Wildman–Crippen MR) is 89.1 cm³/mol. The van der Waals surface area contributed by atoms with Crippen LogP contribution in [0.5, 0.6) is 0 Å². The van der Waals surface area contributed by atoms with Crippen molar-refractivity contribution < 1.29 is 9.32 Å². The molecule has 0 bridgehead atoms. The molecular weight excluding hydrogens is 290 g/mol. The van der Waals surface area contributed by atoms with Crippen LogP contribution in [0.4, 0.5) is 0 Å². The van der Waals surface area contributed by atoms with Gasteiger partial charge in [-0.3, -0.25) is 4.79 Å². The summed E-state index contributed by atoms with van der Waals surface area (Å²) >= 11 is 0. The lowest BCUT2D eigenvalue weighted by molar-refractivity contribution is -0.130. The van der Waals surface area contributed by atoms with Gasteiger partial charge in [-0.15, -0.1) is 0 Å². The van der Waals surface area contributed by atoms with Crippen molar-refractivity contribution in [3.8, 4) is 0 Å². The highest BCUT2D eigenvalue weighted by Crippen LogP contribution is 2.13. The van der Waals surface area contributed by atoms with E-state index in [2.05, 4.69) is 42.2 Å². The molecule has 0 spiro atoms. The van der Waals surface area contributed by atoms with Gasteiger partial charge in [-0.2, -0.15) is 4.98 Å². The van der Waals surface area contributed by atoms with E-state index in [1.807, 2.05) is 13.8 Å². The van der Waals surface area contributed by atoms with Crippen LogP contribution in [0.2, 0.25) is 0 Å². The van der Waals surface area contributed by atoms with E-state index in [4.69, 9.17) is 4.52 Å². The standard InChI is InChI=1S/C18H25N3O2/c1-12(2)18-19-16(23-20-18)11-21(5)17(22)9-8-15-7-6-13(3)14(4)10-15/h6-7,10,12H,8-9,11H2,1-5H3. The average Bonchev–Trinajstić information content (AvgIpc) is 2.96. The Bertz CT molecular complexity index is 677. The molecule has 0 fully saturated rings. The molecule has 1 aromatic carbocycles. The first-order valence-electron chi connectivity index (χ1n) is 7.99. The lowest BCUT2D eigenvalue weighted by atomic mass is 10.0. The van der Waals surface area contributed by atoms with Gasteiger partial charge in [0.2, 0.25) is 11.8 Å². The van der Waals surface area contributed by atoms with Gasteiger partial charge in [0.25, 0.3) is 0 Å². The van der Waals surface area contributed by atoms with Crippen LogP contribution in [0.1, 0.15) is 54.6 Å². The van der Waals surface area contributed by atoms with Crippen LogP contribution in [0.25, 0.3) is 0 Å². The van der Waals surface area contributed by atoms with Crippen LogP contribution in [-0.4, -0.2) is 28.0 Å². The number of nitrogens with zero attached hydrogens (tertiary/aromatic N) is 3. The highest BCUT2D eigenvalue weighted by molar-refractivity contribution is 5.76. The number of rotatable bonds is 6. The Morgan fingerprint density at radius 1 is 1.26 bits per heavy atom. The summed E-state index contributed by atoms with van der Waals surface area (Å²) in [4.78, 5) is 18.2. The first-order valence-corrected chi connectivity index (χ1v) is 7.99. The molecule has 0 radical (unpaired) electrons. The fourth-order valence-electron chi connectivity index (χ4n) is 2.26. The topological polar surface area (TPSA) is 59.2 Å². The third kappa shape index (κ3) is 4.65. The molecule has 0 unspecified atom stereocenters. The minimum atomic E-state index is 0.0764. The molecule has 124 valence electrons.